The third kappa shape index (κ3) is 2.36. The van der Waals surface area contributed by atoms with Crippen LogP contribution >= 0.6 is 0 Å². The molecule has 0 bridgehead atoms. The predicted octanol–water partition coefficient (Wildman–Crippen LogP) is 2.18. The Labute approximate surface area is 82.6 Å². The SMILES string of the molecule is C=C(C)C(=O)Oc1cc(O)ccc1C. The van der Waals surface area contributed by atoms with E-state index in [1.54, 1.807) is 19.9 Å². The molecule has 0 amide bonds. The van der Waals surface area contributed by atoms with Crippen molar-refractivity contribution in [3.63, 3.8) is 0 Å². The summed E-state index contributed by atoms with van der Waals surface area (Å²) in [5, 5.41) is 9.18. The monoisotopic (exact) mass is 192 g/mol. The Hall–Kier alpha value is -1.77. The largest absolute Gasteiger partial charge is 0.508 e. The lowest BCUT2D eigenvalue weighted by Gasteiger charge is -2.06. The molecule has 1 aromatic carbocycles. The number of carbonyl (C=O) groups excluding carboxylic acids is 1. The van der Waals surface area contributed by atoms with E-state index < -0.39 is 5.97 Å². The number of aryl methyl sites for hydroxylation is 1. The second-order valence-electron chi connectivity index (χ2n) is 3.12. The lowest BCUT2D eigenvalue weighted by Crippen LogP contribution is -2.08. The minimum Gasteiger partial charge on any atom is -0.508 e. The van der Waals surface area contributed by atoms with Gasteiger partial charge in [0.2, 0.25) is 0 Å². The average Bonchev–Trinajstić information content (AvgIpc) is 2.11. The molecule has 1 aromatic rings. The van der Waals surface area contributed by atoms with Crippen LogP contribution in [-0.2, 0) is 4.79 Å². The van der Waals surface area contributed by atoms with E-state index in [2.05, 4.69) is 6.58 Å². The normalized spacial score (nSPS) is 9.57. The number of carbonyl (C=O) groups is 1. The first kappa shape index (κ1) is 10.3. The molecular weight excluding hydrogens is 180 g/mol. The van der Waals surface area contributed by atoms with E-state index >= 15 is 0 Å². The molecule has 0 aliphatic carbocycles. The van der Waals surface area contributed by atoms with E-state index in [4.69, 9.17) is 4.74 Å². The first-order valence-electron chi connectivity index (χ1n) is 4.18. The van der Waals surface area contributed by atoms with Gasteiger partial charge in [-0.2, -0.15) is 0 Å². The van der Waals surface area contributed by atoms with Crippen molar-refractivity contribution in [3.05, 3.63) is 35.9 Å². The average molecular weight is 192 g/mol. The van der Waals surface area contributed by atoms with E-state index in [-0.39, 0.29) is 5.75 Å². The molecule has 3 heteroatoms. The molecule has 0 aliphatic rings. The standard InChI is InChI=1S/C11H12O3/c1-7(2)11(13)14-10-6-9(12)5-4-8(10)3/h4-6,12H,1H2,2-3H3. The van der Waals surface area contributed by atoms with E-state index in [0.29, 0.717) is 11.3 Å². The van der Waals surface area contributed by atoms with Crippen molar-refractivity contribution in [2.45, 2.75) is 13.8 Å². The quantitative estimate of drug-likeness (QED) is 0.444. The van der Waals surface area contributed by atoms with Crippen LogP contribution in [0.2, 0.25) is 0 Å². The fraction of sp³-hybridized carbons (Fsp3) is 0.182. The van der Waals surface area contributed by atoms with Gasteiger partial charge >= 0.3 is 5.97 Å². The highest BCUT2D eigenvalue weighted by molar-refractivity contribution is 5.89. The molecular formula is C11H12O3. The van der Waals surface area contributed by atoms with Gasteiger partial charge in [0, 0.05) is 11.6 Å². The second kappa shape index (κ2) is 3.96. The maximum atomic E-state index is 11.2. The van der Waals surface area contributed by atoms with Crippen LogP contribution < -0.4 is 4.74 Å². The van der Waals surface area contributed by atoms with Crippen molar-refractivity contribution in [2.75, 3.05) is 0 Å². The molecule has 0 radical (unpaired) electrons. The highest BCUT2D eigenvalue weighted by Crippen LogP contribution is 2.23. The summed E-state index contributed by atoms with van der Waals surface area (Å²) in [7, 11) is 0. The number of hydrogen-bond donors (Lipinski definition) is 1. The molecule has 1 N–H and O–H groups in total. The Morgan fingerprint density at radius 3 is 2.71 bits per heavy atom. The Bertz CT molecular complexity index is 380. The number of aromatic hydroxyl groups is 1. The van der Waals surface area contributed by atoms with Gasteiger partial charge in [-0.25, -0.2) is 4.79 Å². The van der Waals surface area contributed by atoms with Crippen LogP contribution in [0.5, 0.6) is 11.5 Å². The van der Waals surface area contributed by atoms with E-state index in [1.165, 1.54) is 12.1 Å². The summed E-state index contributed by atoms with van der Waals surface area (Å²) in [6.45, 7) is 6.83. The summed E-state index contributed by atoms with van der Waals surface area (Å²) in [6.07, 6.45) is 0. The Morgan fingerprint density at radius 1 is 1.50 bits per heavy atom. The Morgan fingerprint density at radius 2 is 2.14 bits per heavy atom. The third-order valence-electron chi connectivity index (χ3n) is 1.72. The van der Waals surface area contributed by atoms with Crippen molar-refractivity contribution in [2.24, 2.45) is 0 Å². The number of ether oxygens (including phenoxy) is 1. The van der Waals surface area contributed by atoms with Crippen LogP contribution in [0, 0.1) is 6.92 Å². The molecule has 0 aliphatic heterocycles. The summed E-state index contributed by atoms with van der Waals surface area (Å²) in [4.78, 5) is 11.2. The molecule has 74 valence electrons. The number of rotatable bonds is 2. The van der Waals surface area contributed by atoms with Gasteiger partial charge in [0.1, 0.15) is 11.5 Å². The zero-order valence-corrected chi connectivity index (χ0v) is 8.20. The Balaban J connectivity index is 2.91. The molecule has 0 saturated carbocycles. The lowest BCUT2D eigenvalue weighted by atomic mass is 10.2. The van der Waals surface area contributed by atoms with Crippen LogP contribution in [0.1, 0.15) is 12.5 Å². The number of phenols is 1. The fourth-order valence-electron chi connectivity index (χ4n) is 0.886. The maximum absolute atomic E-state index is 11.2. The van der Waals surface area contributed by atoms with Crippen LogP contribution in [0.3, 0.4) is 0 Å². The Kier molecular flexibility index (Phi) is 2.92. The van der Waals surface area contributed by atoms with Gasteiger partial charge in [-0.05, 0) is 25.5 Å². The van der Waals surface area contributed by atoms with Crippen LogP contribution in [0.4, 0.5) is 0 Å². The van der Waals surface area contributed by atoms with Gasteiger partial charge in [-0.1, -0.05) is 12.6 Å². The van der Waals surface area contributed by atoms with Crippen molar-refractivity contribution in [1.29, 1.82) is 0 Å². The minimum absolute atomic E-state index is 0.0696. The number of benzene rings is 1. The highest BCUT2D eigenvalue weighted by Gasteiger charge is 2.08. The van der Waals surface area contributed by atoms with Gasteiger partial charge in [0.25, 0.3) is 0 Å². The topological polar surface area (TPSA) is 46.5 Å². The van der Waals surface area contributed by atoms with E-state index in [1.807, 2.05) is 0 Å². The van der Waals surface area contributed by atoms with Crippen LogP contribution in [-0.4, -0.2) is 11.1 Å². The maximum Gasteiger partial charge on any atom is 0.338 e. The number of phenolic OH excluding ortho intramolecular Hbond substituents is 1. The summed E-state index contributed by atoms with van der Waals surface area (Å²) in [6, 6.07) is 4.61. The predicted molar refractivity (Wildman–Crippen MR) is 53.3 cm³/mol. The van der Waals surface area contributed by atoms with E-state index in [9.17, 15) is 9.90 Å². The summed E-state index contributed by atoms with van der Waals surface area (Å²) in [5.41, 5.74) is 1.12. The molecule has 0 spiro atoms. The molecule has 0 atom stereocenters. The first-order valence-corrected chi connectivity index (χ1v) is 4.18. The summed E-state index contributed by atoms with van der Waals surface area (Å²) >= 11 is 0. The number of esters is 1. The van der Waals surface area contributed by atoms with Gasteiger partial charge in [-0.15, -0.1) is 0 Å². The molecule has 1 rings (SSSR count). The fourth-order valence-corrected chi connectivity index (χ4v) is 0.886. The molecule has 0 fully saturated rings. The summed E-state index contributed by atoms with van der Waals surface area (Å²) < 4.78 is 4.99. The zero-order chi connectivity index (χ0) is 10.7. The molecule has 0 saturated heterocycles. The minimum atomic E-state index is -0.487. The van der Waals surface area contributed by atoms with Gasteiger partial charge < -0.3 is 9.84 Å². The van der Waals surface area contributed by atoms with Gasteiger partial charge in [0.15, 0.2) is 0 Å². The van der Waals surface area contributed by atoms with Crippen molar-refractivity contribution < 1.29 is 14.6 Å². The van der Waals surface area contributed by atoms with Crippen molar-refractivity contribution >= 4 is 5.97 Å². The number of hydrogen-bond acceptors (Lipinski definition) is 3. The molecule has 3 nitrogen and oxygen atoms in total. The van der Waals surface area contributed by atoms with Crippen LogP contribution in [0.15, 0.2) is 30.4 Å². The van der Waals surface area contributed by atoms with Crippen molar-refractivity contribution in [3.8, 4) is 11.5 Å². The van der Waals surface area contributed by atoms with Gasteiger partial charge in [-0.3, -0.25) is 0 Å². The lowest BCUT2D eigenvalue weighted by molar-refractivity contribution is -0.130. The van der Waals surface area contributed by atoms with Gasteiger partial charge in [0.05, 0.1) is 0 Å². The van der Waals surface area contributed by atoms with Crippen LogP contribution in [0.25, 0.3) is 0 Å². The molecule has 14 heavy (non-hydrogen) atoms. The van der Waals surface area contributed by atoms with Crippen molar-refractivity contribution in [1.82, 2.24) is 0 Å². The van der Waals surface area contributed by atoms with E-state index in [0.717, 1.165) is 5.56 Å². The first-order chi connectivity index (χ1) is 6.50. The highest BCUT2D eigenvalue weighted by atomic mass is 16.5. The third-order valence-corrected chi connectivity index (χ3v) is 1.72. The molecule has 0 aromatic heterocycles. The zero-order valence-electron chi connectivity index (χ0n) is 8.20. The second-order valence-corrected chi connectivity index (χ2v) is 3.12. The molecule has 0 unspecified atom stereocenters. The smallest absolute Gasteiger partial charge is 0.338 e. The molecule has 0 heterocycles. The summed E-state index contributed by atoms with van der Waals surface area (Å²) in [5.74, 6) is -0.0585.